The minimum absolute atomic E-state index is 0.305. The molecular weight excluding hydrogens is 268 g/mol. The van der Waals surface area contributed by atoms with Crippen LogP contribution in [0.4, 0.5) is 4.39 Å². The third-order valence-electron chi connectivity index (χ3n) is 4.39. The summed E-state index contributed by atoms with van der Waals surface area (Å²) >= 11 is 0. The predicted molar refractivity (Wildman–Crippen MR) is 79.6 cm³/mol. The molecule has 1 saturated heterocycles. The highest BCUT2D eigenvalue weighted by Crippen LogP contribution is 2.40. The lowest BCUT2D eigenvalue weighted by molar-refractivity contribution is -0.155. The van der Waals surface area contributed by atoms with Gasteiger partial charge in [0.2, 0.25) is 0 Å². The number of nitrogens with two attached hydrogens (primary N) is 1. The molecule has 3 nitrogen and oxygen atoms in total. The van der Waals surface area contributed by atoms with Crippen LogP contribution in [0.3, 0.4) is 0 Å². The van der Waals surface area contributed by atoms with Crippen LogP contribution in [0.2, 0.25) is 0 Å². The van der Waals surface area contributed by atoms with Crippen LogP contribution in [0.15, 0.2) is 18.2 Å². The number of halogens is 1. The van der Waals surface area contributed by atoms with Crippen molar-refractivity contribution in [1.82, 2.24) is 0 Å². The number of ether oxygens (including phenoxy) is 2. The molecule has 2 unspecified atom stereocenters. The van der Waals surface area contributed by atoms with Gasteiger partial charge in [-0.05, 0) is 37.0 Å². The van der Waals surface area contributed by atoms with Crippen LogP contribution >= 0.6 is 0 Å². The number of rotatable bonds is 4. The van der Waals surface area contributed by atoms with Gasteiger partial charge < -0.3 is 15.2 Å². The quantitative estimate of drug-likeness (QED) is 0.866. The summed E-state index contributed by atoms with van der Waals surface area (Å²) < 4.78 is 25.0. The van der Waals surface area contributed by atoms with Gasteiger partial charge in [0.1, 0.15) is 19.4 Å². The van der Waals surface area contributed by atoms with Crippen molar-refractivity contribution in [3.05, 3.63) is 29.6 Å². The topological polar surface area (TPSA) is 44.5 Å². The molecule has 0 bridgehead atoms. The van der Waals surface area contributed by atoms with Crippen molar-refractivity contribution >= 4 is 7.85 Å². The molecule has 2 atom stereocenters. The normalized spacial score (nSPS) is 29.9. The molecule has 5 heteroatoms. The van der Waals surface area contributed by atoms with Crippen LogP contribution in [0, 0.1) is 11.7 Å². The summed E-state index contributed by atoms with van der Waals surface area (Å²) in [5, 5.41) is 0. The van der Waals surface area contributed by atoms with Gasteiger partial charge >= 0.3 is 0 Å². The van der Waals surface area contributed by atoms with Gasteiger partial charge in [-0.2, -0.15) is 0 Å². The fourth-order valence-electron chi connectivity index (χ4n) is 3.14. The first-order chi connectivity index (χ1) is 10.0. The van der Waals surface area contributed by atoms with Gasteiger partial charge in [-0.3, -0.25) is 0 Å². The second-order valence-corrected chi connectivity index (χ2v) is 6.26. The van der Waals surface area contributed by atoms with E-state index in [4.69, 9.17) is 23.1 Å². The maximum Gasteiger partial charge on any atom is 0.135 e. The summed E-state index contributed by atoms with van der Waals surface area (Å²) in [4.78, 5) is 0. The lowest BCUT2D eigenvalue weighted by atomic mass is 9.79. The van der Waals surface area contributed by atoms with Gasteiger partial charge in [0.05, 0.1) is 18.3 Å². The average molecular weight is 289 g/mol. The Morgan fingerprint density at radius 3 is 2.71 bits per heavy atom. The first-order valence-corrected chi connectivity index (χ1v) is 7.71. The smallest absolute Gasteiger partial charge is 0.135 e. The summed E-state index contributed by atoms with van der Waals surface area (Å²) in [6.07, 6.45) is 6.39. The SMILES string of the molecule is [B]C1(N)CC(c2cc(OCC3CCCCC3)ccc2F)O1. The van der Waals surface area contributed by atoms with E-state index in [9.17, 15) is 4.39 Å². The molecule has 0 aromatic heterocycles. The molecule has 1 aliphatic heterocycles. The number of hydrogen-bond acceptors (Lipinski definition) is 3. The monoisotopic (exact) mass is 289 g/mol. The summed E-state index contributed by atoms with van der Waals surface area (Å²) in [6.45, 7) is 0.703. The molecule has 0 spiro atoms. The highest BCUT2D eigenvalue weighted by atomic mass is 19.1. The third-order valence-corrected chi connectivity index (χ3v) is 4.39. The molecule has 1 aliphatic carbocycles. The van der Waals surface area contributed by atoms with E-state index in [1.165, 1.54) is 38.2 Å². The summed E-state index contributed by atoms with van der Waals surface area (Å²) in [6, 6.07) is 4.79. The second kappa shape index (κ2) is 5.97. The van der Waals surface area contributed by atoms with Crippen molar-refractivity contribution in [2.45, 2.75) is 50.3 Å². The van der Waals surface area contributed by atoms with Gasteiger partial charge in [0.25, 0.3) is 0 Å². The van der Waals surface area contributed by atoms with Crippen LogP contribution < -0.4 is 10.5 Å². The Hall–Kier alpha value is -1.07. The van der Waals surface area contributed by atoms with Crippen molar-refractivity contribution in [1.29, 1.82) is 0 Å². The largest absolute Gasteiger partial charge is 0.493 e. The fourth-order valence-corrected chi connectivity index (χ4v) is 3.14. The van der Waals surface area contributed by atoms with E-state index in [2.05, 4.69) is 0 Å². The molecule has 0 amide bonds. The highest BCUT2D eigenvalue weighted by Gasteiger charge is 2.39. The molecular formula is C16H21BFNO2. The van der Waals surface area contributed by atoms with Crippen LogP contribution in [0.5, 0.6) is 5.75 Å². The molecule has 1 saturated carbocycles. The van der Waals surface area contributed by atoms with Crippen molar-refractivity contribution in [3.8, 4) is 5.75 Å². The van der Waals surface area contributed by atoms with Crippen molar-refractivity contribution in [2.75, 3.05) is 6.61 Å². The second-order valence-electron chi connectivity index (χ2n) is 6.26. The third kappa shape index (κ3) is 3.58. The van der Waals surface area contributed by atoms with Crippen LogP contribution in [-0.2, 0) is 4.74 Å². The molecule has 1 aromatic rings. The Morgan fingerprint density at radius 2 is 2.05 bits per heavy atom. The zero-order chi connectivity index (χ0) is 14.9. The number of hydrogen-bond donors (Lipinski definition) is 1. The number of benzene rings is 1. The molecule has 3 rings (SSSR count). The van der Waals surface area contributed by atoms with Gasteiger partial charge in [-0.15, -0.1) is 0 Å². The van der Waals surface area contributed by atoms with E-state index < -0.39 is 5.62 Å². The van der Waals surface area contributed by atoms with Crippen LogP contribution in [0.25, 0.3) is 0 Å². The van der Waals surface area contributed by atoms with Crippen molar-refractivity contribution in [3.63, 3.8) is 0 Å². The minimum atomic E-state index is -1.13. The van der Waals surface area contributed by atoms with Crippen molar-refractivity contribution in [2.24, 2.45) is 11.7 Å². The van der Waals surface area contributed by atoms with E-state index in [0.29, 0.717) is 30.3 Å². The van der Waals surface area contributed by atoms with Gasteiger partial charge in [0, 0.05) is 12.0 Å². The summed E-state index contributed by atoms with van der Waals surface area (Å²) in [7, 11) is 5.60. The van der Waals surface area contributed by atoms with Crippen LogP contribution in [0.1, 0.15) is 50.2 Å². The molecule has 1 aromatic carbocycles. The Morgan fingerprint density at radius 1 is 1.33 bits per heavy atom. The Balaban J connectivity index is 1.61. The molecule has 21 heavy (non-hydrogen) atoms. The molecule has 2 radical (unpaired) electrons. The maximum absolute atomic E-state index is 13.9. The van der Waals surface area contributed by atoms with Gasteiger partial charge in [0.15, 0.2) is 0 Å². The molecule has 1 heterocycles. The first kappa shape index (κ1) is 14.9. The van der Waals surface area contributed by atoms with E-state index in [0.717, 1.165) is 0 Å². The lowest BCUT2D eigenvalue weighted by Crippen LogP contribution is -2.54. The van der Waals surface area contributed by atoms with Crippen LogP contribution in [-0.4, -0.2) is 20.1 Å². The van der Waals surface area contributed by atoms with E-state index in [1.807, 2.05) is 0 Å². The highest BCUT2D eigenvalue weighted by molar-refractivity contribution is 6.14. The summed E-state index contributed by atoms with van der Waals surface area (Å²) in [5.74, 6) is 1.00. The Kier molecular flexibility index (Phi) is 4.22. The zero-order valence-corrected chi connectivity index (χ0v) is 12.2. The molecule has 2 aliphatic rings. The molecule has 2 fully saturated rings. The fraction of sp³-hybridized carbons (Fsp3) is 0.625. The Labute approximate surface area is 126 Å². The predicted octanol–water partition coefficient (Wildman–Crippen LogP) is 3.03. The lowest BCUT2D eigenvalue weighted by Gasteiger charge is -2.43. The summed E-state index contributed by atoms with van der Waals surface area (Å²) in [5.41, 5.74) is 4.94. The van der Waals surface area contributed by atoms with Gasteiger partial charge in [-0.25, -0.2) is 4.39 Å². The van der Waals surface area contributed by atoms with E-state index in [1.54, 1.807) is 12.1 Å². The van der Waals surface area contributed by atoms with E-state index >= 15 is 0 Å². The Bertz CT molecular complexity index is 495. The molecule has 112 valence electrons. The zero-order valence-electron chi connectivity index (χ0n) is 12.2. The first-order valence-electron chi connectivity index (χ1n) is 7.71. The minimum Gasteiger partial charge on any atom is -0.493 e. The van der Waals surface area contributed by atoms with Gasteiger partial charge in [-0.1, -0.05) is 19.3 Å². The van der Waals surface area contributed by atoms with E-state index in [-0.39, 0.29) is 11.9 Å². The van der Waals surface area contributed by atoms with Crippen molar-refractivity contribution < 1.29 is 13.9 Å². The average Bonchev–Trinajstić information content (AvgIpc) is 2.45. The maximum atomic E-state index is 13.9. The standard InChI is InChI=1S/C16H21BFNO2/c17-16(19)9-15(21-16)13-8-12(6-7-14(13)18)20-10-11-4-2-1-3-5-11/h6-8,11,15H,1-5,9-10,19H2. The molecule has 2 N–H and O–H groups in total.